The van der Waals surface area contributed by atoms with Gasteiger partial charge >= 0.3 is 0 Å². The van der Waals surface area contributed by atoms with Crippen LogP contribution in [-0.4, -0.2) is 15.0 Å². The Morgan fingerprint density at radius 3 is 1.31 bits per heavy atom. The highest BCUT2D eigenvalue weighted by atomic mass is 32.1. The molecule has 0 atom stereocenters. The van der Waals surface area contributed by atoms with E-state index < -0.39 is 0 Å². The first-order valence-corrected chi connectivity index (χ1v) is 17.2. The summed E-state index contributed by atoms with van der Waals surface area (Å²) in [5.41, 5.74) is 10.1. The molecule has 7 aromatic carbocycles. The maximum Gasteiger partial charge on any atom is 0.165 e. The van der Waals surface area contributed by atoms with Crippen molar-refractivity contribution in [2.24, 2.45) is 0 Å². The van der Waals surface area contributed by atoms with E-state index in [2.05, 4.69) is 152 Å². The van der Waals surface area contributed by atoms with Crippen molar-refractivity contribution in [1.82, 2.24) is 15.0 Å². The Morgan fingerprint density at radius 2 is 0.735 bits per heavy atom. The van der Waals surface area contributed by atoms with E-state index in [1.165, 1.54) is 48.0 Å². The van der Waals surface area contributed by atoms with Crippen LogP contribution in [-0.2, 0) is 0 Å². The number of hydrogen-bond acceptors (Lipinski definition) is 4. The lowest BCUT2D eigenvalue weighted by Crippen LogP contribution is -2.00. The van der Waals surface area contributed by atoms with Crippen LogP contribution in [0.15, 0.2) is 176 Å². The fourth-order valence-electron chi connectivity index (χ4n) is 6.42. The molecule has 0 saturated heterocycles. The molecular formula is C45H29N3S. The molecule has 0 bridgehead atoms. The highest BCUT2D eigenvalue weighted by molar-refractivity contribution is 7.26. The van der Waals surface area contributed by atoms with Crippen LogP contribution >= 0.6 is 11.3 Å². The Bertz CT molecular complexity index is 2560. The van der Waals surface area contributed by atoms with Crippen molar-refractivity contribution in [2.45, 2.75) is 0 Å². The van der Waals surface area contributed by atoms with Gasteiger partial charge in [-0.25, -0.2) is 15.0 Å². The molecule has 0 radical (unpaired) electrons. The van der Waals surface area contributed by atoms with Crippen LogP contribution in [0.4, 0.5) is 0 Å². The first-order valence-electron chi connectivity index (χ1n) is 16.4. The lowest BCUT2D eigenvalue weighted by atomic mass is 9.99. The minimum absolute atomic E-state index is 0.652. The van der Waals surface area contributed by atoms with E-state index in [4.69, 9.17) is 15.0 Å². The highest BCUT2D eigenvalue weighted by Crippen LogP contribution is 2.41. The molecule has 0 aliphatic heterocycles. The number of fused-ring (bicyclic) bond motifs is 3. The monoisotopic (exact) mass is 643 g/mol. The maximum absolute atomic E-state index is 5.12. The predicted molar refractivity (Wildman–Crippen MR) is 205 cm³/mol. The van der Waals surface area contributed by atoms with Gasteiger partial charge in [0.15, 0.2) is 17.5 Å². The van der Waals surface area contributed by atoms with Crippen LogP contribution in [0, 0.1) is 0 Å². The zero-order valence-corrected chi connectivity index (χ0v) is 27.3. The van der Waals surface area contributed by atoms with Crippen LogP contribution in [0.2, 0.25) is 0 Å². The second kappa shape index (κ2) is 12.4. The topological polar surface area (TPSA) is 38.7 Å². The predicted octanol–water partition coefficient (Wildman–Crippen LogP) is 12.2. The molecule has 3 nitrogen and oxygen atoms in total. The van der Waals surface area contributed by atoms with Gasteiger partial charge in [0.25, 0.3) is 0 Å². The molecule has 0 fully saturated rings. The summed E-state index contributed by atoms with van der Waals surface area (Å²) >= 11 is 1.79. The van der Waals surface area contributed by atoms with E-state index in [0.29, 0.717) is 17.5 Å². The SMILES string of the molecule is c1ccc(-c2ccc(-c3ccc(-c4nc(-c5ccccc5)nc(-c5cccc6c5sc5ccc(-c7ccccc7)cc56)n4)cc3)cc2)cc1. The number of aromatic nitrogens is 3. The number of rotatable bonds is 6. The largest absolute Gasteiger partial charge is 0.208 e. The van der Waals surface area contributed by atoms with Crippen LogP contribution in [0.1, 0.15) is 0 Å². The Hall–Kier alpha value is -6.23. The third-order valence-electron chi connectivity index (χ3n) is 8.98. The first-order chi connectivity index (χ1) is 24.3. The molecule has 0 aliphatic rings. The van der Waals surface area contributed by atoms with Crippen molar-refractivity contribution >= 4 is 31.5 Å². The Kier molecular flexibility index (Phi) is 7.34. The molecule has 9 aromatic rings. The Labute approximate surface area is 288 Å². The van der Waals surface area contributed by atoms with Crippen LogP contribution < -0.4 is 0 Å². The van der Waals surface area contributed by atoms with Crippen LogP contribution in [0.3, 0.4) is 0 Å². The van der Waals surface area contributed by atoms with Crippen molar-refractivity contribution < 1.29 is 0 Å². The Morgan fingerprint density at radius 1 is 0.306 bits per heavy atom. The van der Waals surface area contributed by atoms with Gasteiger partial charge in [-0.2, -0.15) is 0 Å². The van der Waals surface area contributed by atoms with Gasteiger partial charge in [-0.1, -0.05) is 158 Å². The summed E-state index contributed by atoms with van der Waals surface area (Å²) in [5.74, 6) is 1.98. The summed E-state index contributed by atoms with van der Waals surface area (Å²) in [6.45, 7) is 0. The molecule has 9 rings (SSSR count). The van der Waals surface area contributed by atoms with E-state index in [-0.39, 0.29) is 0 Å². The van der Waals surface area contributed by atoms with Gasteiger partial charge in [0.1, 0.15) is 0 Å². The van der Waals surface area contributed by atoms with Crippen LogP contribution in [0.25, 0.3) is 87.7 Å². The fourth-order valence-corrected chi connectivity index (χ4v) is 7.62. The van der Waals surface area contributed by atoms with E-state index in [0.717, 1.165) is 22.3 Å². The van der Waals surface area contributed by atoms with Gasteiger partial charge in [0.2, 0.25) is 0 Å². The summed E-state index contributed by atoms with van der Waals surface area (Å²) in [4.78, 5) is 15.2. The van der Waals surface area contributed by atoms with E-state index in [1.807, 2.05) is 24.3 Å². The summed E-state index contributed by atoms with van der Waals surface area (Å²) in [6.07, 6.45) is 0. The standard InChI is InChI=1S/C45H29N3S/c1-4-11-30(12-5-1)32-19-21-33(22-20-32)34-23-25-36(26-24-34)44-46-43(35-15-8-3-9-16-35)47-45(48-44)39-18-10-17-38-40-29-37(31-13-6-2-7-14-31)27-28-41(40)49-42(38)39/h1-29H. The average molecular weight is 644 g/mol. The highest BCUT2D eigenvalue weighted by Gasteiger charge is 2.17. The number of thiophene rings is 1. The zero-order chi connectivity index (χ0) is 32.6. The number of hydrogen-bond donors (Lipinski definition) is 0. The smallest absolute Gasteiger partial charge is 0.165 e. The third-order valence-corrected chi connectivity index (χ3v) is 10.2. The quantitative estimate of drug-likeness (QED) is 0.181. The molecule has 0 spiro atoms. The molecule has 2 aromatic heterocycles. The summed E-state index contributed by atoms with van der Waals surface area (Å²) in [5, 5.41) is 2.45. The van der Waals surface area contributed by atoms with Gasteiger partial charge in [-0.05, 0) is 51.6 Å². The van der Waals surface area contributed by atoms with Crippen molar-refractivity contribution in [2.75, 3.05) is 0 Å². The molecule has 49 heavy (non-hydrogen) atoms. The van der Waals surface area contributed by atoms with E-state index in [9.17, 15) is 0 Å². The number of benzene rings is 7. The molecule has 0 N–H and O–H groups in total. The van der Waals surface area contributed by atoms with Gasteiger partial charge < -0.3 is 0 Å². The minimum atomic E-state index is 0.652. The first kappa shape index (κ1) is 29.0. The molecule has 0 amide bonds. The summed E-state index contributed by atoms with van der Waals surface area (Å²) in [7, 11) is 0. The van der Waals surface area contributed by atoms with Crippen molar-refractivity contribution in [3.8, 4) is 67.5 Å². The molecule has 230 valence electrons. The minimum Gasteiger partial charge on any atom is -0.208 e. The third kappa shape index (κ3) is 5.58. The molecule has 0 saturated carbocycles. The average Bonchev–Trinajstić information content (AvgIpc) is 3.57. The molecular weight excluding hydrogens is 615 g/mol. The summed E-state index contributed by atoms with van der Waals surface area (Å²) < 4.78 is 2.42. The van der Waals surface area contributed by atoms with E-state index >= 15 is 0 Å². The normalized spacial score (nSPS) is 11.3. The van der Waals surface area contributed by atoms with Gasteiger partial charge in [-0.15, -0.1) is 11.3 Å². The second-order valence-electron chi connectivity index (χ2n) is 12.1. The molecule has 0 unspecified atom stereocenters. The van der Waals surface area contributed by atoms with Crippen molar-refractivity contribution in [1.29, 1.82) is 0 Å². The maximum atomic E-state index is 5.12. The summed E-state index contributed by atoms with van der Waals surface area (Å²) in [6, 6.07) is 61.6. The van der Waals surface area contributed by atoms with E-state index in [1.54, 1.807) is 11.3 Å². The van der Waals surface area contributed by atoms with Crippen molar-refractivity contribution in [3.05, 3.63) is 176 Å². The Balaban J connectivity index is 1.12. The lowest BCUT2D eigenvalue weighted by Gasteiger charge is -2.10. The van der Waals surface area contributed by atoms with Crippen molar-refractivity contribution in [3.63, 3.8) is 0 Å². The lowest BCUT2D eigenvalue weighted by molar-refractivity contribution is 1.08. The van der Waals surface area contributed by atoms with Gasteiger partial charge in [-0.3, -0.25) is 0 Å². The van der Waals surface area contributed by atoms with Gasteiger partial charge in [0.05, 0.1) is 0 Å². The zero-order valence-electron chi connectivity index (χ0n) is 26.5. The van der Waals surface area contributed by atoms with Gasteiger partial charge in [0, 0.05) is 36.9 Å². The fraction of sp³-hybridized carbons (Fsp3) is 0. The second-order valence-corrected chi connectivity index (χ2v) is 13.1. The van der Waals surface area contributed by atoms with Crippen LogP contribution in [0.5, 0.6) is 0 Å². The molecule has 2 heterocycles. The molecule has 0 aliphatic carbocycles. The molecule has 4 heteroatoms. The number of nitrogens with zero attached hydrogens (tertiary/aromatic N) is 3.